The van der Waals surface area contributed by atoms with Gasteiger partial charge < -0.3 is 10.6 Å². The lowest BCUT2D eigenvalue weighted by Crippen LogP contribution is -2.20. The van der Waals surface area contributed by atoms with Gasteiger partial charge >= 0.3 is 6.03 Å². The molecule has 0 spiro atoms. The van der Waals surface area contributed by atoms with Gasteiger partial charge in [0.1, 0.15) is 0 Å². The Labute approximate surface area is 160 Å². The second-order valence-corrected chi connectivity index (χ2v) is 6.76. The number of nitrogens with zero attached hydrogens (tertiary/aromatic N) is 2. The molecule has 3 rings (SSSR count). The zero-order valence-corrected chi connectivity index (χ0v) is 16.3. The highest BCUT2D eigenvalue weighted by Crippen LogP contribution is 2.21. The van der Waals surface area contributed by atoms with Crippen molar-refractivity contribution in [1.82, 2.24) is 9.78 Å². The zero-order valence-electron chi connectivity index (χ0n) is 16.3. The van der Waals surface area contributed by atoms with Crippen molar-refractivity contribution in [2.24, 2.45) is 0 Å². The molecule has 2 amide bonds. The Bertz CT molecular complexity index is 941. The fraction of sp³-hybridized carbons (Fsp3) is 0.273. The second-order valence-electron chi connectivity index (χ2n) is 6.76. The normalized spacial score (nSPS) is 10.7. The highest BCUT2D eigenvalue weighted by molar-refractivity contribution is 6.00. The van der Waals surface area contributed by atoms with Gasteiger partial charge in [-0.1, -0.05) is 43.3 Å². The molecule has 0 fully saturated rings. The molecule has 0 saturated carbocycles. The van der Waals surface area contributed by atoms with Gasteiger partial charge in [0.15, 0.2) is 0 Å². The lowest BCUT2D eigenvalue weighted by atomic mass is 10.1. The number of hydrogen-bond donors (Lipinski definition) is 2. The first-order valence-corrected chi connectivity index (χ1v) is 9.23. The minimum atomic E-state index is -0.263. The third kappa shape index (κ3) is 4.37. The van der Waals surface area contributed by atoms with Gasteiger partial charge in [-0.2, -0.15) is 5.10 Å². The van der Waals surface area contributed by atoms with Crippen molar-refractivity contribution in [1.29, 1.82) is 0 Å². The van der Waals surface area contributed by atoms with Crippen LogP contribution in [0.1, 0.15) is 35.0 Å². The molecule has 27 heavy (non-hydrogen) atoms. The summed E-state index contributed by atoms with van der Waals surface area (Å²) in [7, 11) is 0. The van der Waals surface area contributed by atoms with E-state index in [0.29, 0.717) is 6.54 Å². The average molecular weight is 362 g/mol. The molecule has 0 bridgehead atoms. The SMILES string of the molecule is CCc1ccc(NC(=O)Nc2c(C)nn(Cc3ccccc3C)c2C)cc1. The Morgan fingerprint density at radius 2 is 1.70 bits per heavy atom. The number of anilines is 2. The van der Waals surface area contributed by atoms with Crippen LogP contribution in [0.4, 0.5) is 16.2 Å². The van der Waals surface area contributed by atoms with Gasteiger partial charge in [0, 0.05) is 5.69 Å². The third-order valence-electron chi connectivity index (χ3n) is 4.82. The van der Waals surface area contributed by atoms with Crippen LogP contribution in [0.5, 0.6) is 0 Å². The van der Waals surface area contributed by atoms with Crippen molar-refractivity contribution in [3.63, 3.8) is 0 Å². The van der Waals surface area contributed by atoms with Crippen LogP contribution < -0.4 is 10.6 Å². The van der Waals surface area contributed by atoms with Gasteiger partial charge in [-0.25, -0.2) is 4.79 Å². The predicted octanol–water partition coefficient (Wildman–Crippen LogP) is 5.06. The number of aryl methyl sites for hydroxylation is 3. The summed E-state index contributed by atoms with van der Waals surface area (Å²) in [4.78, 5) is 12.4. The van der Waals surface area contributed by atoms with Crippen molar-refractivity contribution >= 4 is 17.4 Å². The van der Waals surface area contributed by atoms with Gasteiger partial charge in [-0.05, 0) is 56.0 Å². The minimum absolute atomic E-state index is 0.263. The van der Waals surface area contributed by atoms with E-state index in [0.717, 1.165) is 29.2 Å². The molecule has 0 unspecified atom stereocenters. The quantitative estimate of drug-likeness (QED) is 0.666. The van der Waals surface area contributed by atoms with Crippen LogP contribution in [0, 0.1) is 20.8 Å². The molecule has 1 aromatic heterocycles. The standard InChI is InChI=1S/C22H26N4O/c1-5-18-10-12-20(13-11-18)23-22(27)24-21-16(3)25-26(17(21)4)14-19-9-7-6-8-15(19)2/h6-13H,5,14H2,1-4H3,(H2,23,24,27). The average Bonchev–Trinajstić information content (AvgIpc) is 2.91. The molecule has 2 aromatic carbocycles. The van der Waals surface area contributed by atoms with Crippen LogP contribution in [-0.2, 0) is 13.0 Å². The first kappa shape index (κ1) is 18.7. The van der Waals surface area contributed by atoms with Gasteiger partial charge in [0.25, 0.3) is 0 Å². The Morgan fingerprint density at radius 1 is 1.00 bits per heavy atom. The van der Waals surface area contributed by atoms with E-state index in [-0.39, 0.29) is 6.03 Å². The molecule has 0 saturated heterocycles. The van der Waals surface area contributed by atoms with Crippen molar-refractivity contribution in [3.05, 3.63) is 76.6 Å². The molecule has 0 aliphatic heterocycles. The molecular formula is C22H26N4O. The third-order valence-corrected chi connectivity index (χ3v) is 4.82. The first-order valence-electron chi connectivity index (χ1n) is 9.23. The van der Waals surface area contributed by atoms with Crippen molar-refractivity contribution in [2.75, 3.05) is 10.6 Å². The summed E-state index contributed by atoms with van der Waals surface area (Å²) in [5.41, 5.74) is 6.96. The number of urea groups is 1. The van der Waals surface area contributed by atoms with E-state index in [1.807, 2.05) is 54.9 Å². The van der Waals surface area contributed by atoms with Crippen LogP contribution >= 0.6 is 0 Å². The monoisotopic (exact) mass is 362 g/mol. The number of aromatic nitrogens is 2. The van der Waals surface area contributed by atoms with E-state index in [4.69, 9.17) is 0 Å². The number of benzene rings is 2. The van der Waals surface area contributed by atoms with Crippen LogP contribution in [0.25, 0.3) is 0 Å². The van der Waals surface area contributed by atoms with E-state index in [9.17, 15) is 4.79 Å². The minimum Gasteiger partial charge on any atom is -0.308 e. The Kier molecular flexibility index (Phi) is 5.60. The molecule has 0 radical (unpaired) electrons. The summed E-state index contributed by atoms with van der Waals surface area (Å²) in [5, 5.41) is 10.4. The fourth-order valence-corrected chi connectivity index (χ4v) is 3.08. The molecule has 2 N–H and O–H groups in total. The number of rotatable bonds is 5. The van der Waals surface area contributed by atoms with Crippen LogP contribution in [0.2, 0.25) is 0 Å². The number of carbonyl (C=O) groups is 1. The molecule has 0 aliphatic carbocycles. The van der Waals surface area contributed by atoms with Crippen molar-refractivity contribution in [3.8, 4) is 0 Å². The Balaban J connectivity index is 1.72. The maximum Gasteiger partial charge on any atom is 0.323 e. The second kappa shape index (κ2) is 8.08. The van der Waals surface area contributed by atoms with Gasteiger partial charge in [-0.3, -0.25) is 4.68 Å². The lowest BCUT2D eigenvalue weighted by molar-refractivity contribution is 0.262. The highest BCUT2D eigenvalue weighted by atomic mass is 16.2. The van der Waals surface area contributed by atoms with Crippen molar-refractivity contribution < 1.29 is 4.79 Å². The zero-order chi connectivity index (χ0) is 19.4. The smallest absolute Gasteiger partial charge is 0.308 e. The van der Waals surface area contributed by atoms with Gasteiger partial charge in [0.2, 0.25) is 0 Å². The molecule has 5 nitrogen and oxygen atoms in total. The molecule has 1 heterocycles. The Morgan fingerprint density at radius 3 is 2.37 bits per heavy atom. The summed E-state index contributed by atoms with van der Waals surface area (Å²) in [5.74, 6) is 0. The van der Waals surface area contributed by atoms with Gasteiger partial charge in [0.05, 0.1) is 23.6 Å². The van der Waals surface area contributed by atoms with Gasteiger partial charge in [-0.15, -0.1) is 0 Å². The Hall–Kier alpha value is -3.08. The molecular weight excluding hydrogens is 336 g/mol. The topological polar surface area (TPSA) is 59.0 Å². The van der Waals surface area contributed by atoms with E-state index in [1.165, 1.54) is 16.7 Å². The summed E-state index contributed by atoms with van der Waals surface area (Å²) < 4.78 is 1.93. The largest absolute Gasteiger partial charge is 0.323 e. The fourth-order valence-electron chi connectivity index (χ4n) is 3.08. The van der Waals surface area contributed by atoms with Crippen molar-refractivity contribution in [2.45, 2.75) is 40.7 Å². The molecule has 0 atom stereocenters. The summed E-state index contributed by atoms with van der Waals surface area (Å²) in [6.07, 6.45) is 0.977. The number of nitrogens with one attached hydrogen (secondary N) is 2. The highest BCUT2D eigenvalue weighted by Gasteiger charge is 2.15. The van der Waals surface area contributed by atoms with E-state index >= 15 is 0 Å². The summed E-state index contributed by atoms with van der Waals surface area (Å²) in [6, 6.07) is 15.9. The summed E-state index contributed by atoms with van der Waals surface area (Å²) >= 11 is 0. The van der Waals surface area contributed by atoms with E-state index in [2.05, 4.69) is 41.7 Å². The number of carbonyl (C=O) groups excluding carboxylic acids is 1. The maximum absolute atomic E-state index is 12.4. The molecule has 140 valence electrons. The predicted molar refractivity (Wildman–Crippen MR) is 110 cm³/mol. The van der Waals surface area contributed by atoms with Crippen LogP contribution in [0.3, 0.4) is 0 Å². The summed E-state index contributed by atoms with van der Waals surface area (Å²) in [6.45, 7) is 8.77. The number of hydrogen-bond acceptors (Lipinski definition) is 2. The van der Waals surface area contributed by atoms with Crippen LogP contribution in [0.15, 0.2) is 48.5 Å². The van der Waals surface area contributed by atoms with Crippen LogP contribution in [-0.4, -0.2) is 15.8 Å². The van der Waals surface area contributed by atoms with E-state index in [1.54, 1.807) is 0 Å². The molecule has 0 aliphatic rings. The maximum atomic E-state index is 12.4. The molecule has 5 heteroatoms. The molecule has 3 aromatic rings. The van der Waals surface area contributed by atoms with E-state index < -0.39 is 0 Å². The number of amides is 2. The lowest BCUT2D eigenvalue weighted by Gasteiger charge is -2.10. The first-order chi connectivity index (χ1) is 13.0.